The molecule has 0 saturated carbocycles. The molecule has 0 N–H and O–H groups in total. The predicted molar refractivity (Wildman–Crippen MR) is 40.8 cm³/mol. The van der Waals surface area contributed by atoms with Crippen LogP contribution >= 0.6 is 0 Å². The number of ketones is 1. The third-order valence-electron chi connectivity index (χ3n) is 1.32. The zero-order chi connectivity index (χ0) is 8.10. The Labute approximate surface area is 64.8 Å². The summed E-state index contributed by atoms with van der Waals surface area (Å²) in [6.45, 7) is 0. The van der Waals surface area contributed by atoms with Crippen molar-refractivity contribution in [3.05, 3.63) is 35.9 Å². The molecule has 0 aliphatic carbocycles. The van der Waals surface area contributed by atoms with Gasteiger partial charge in [-0.05, 0) is 5.56 Å². The summed E-state index contributed by atoms with van der Waals surface area (Å²) in [4.78, 5) is 20.4. The standard InChI is InChI=1S/C9H7O2/c10-7-9(11)6-8-4-2-1-3-5-8/h1-5H,6H2. The molecule has 2 heteroatoms. The molecule has 0 unspecified atom stereocenters. The van der Waals surface area contributed by atoms with Crippen LogP contribution in [0.3, 0.4) is 0 Å². The molecule has 2 nitrogen and oxygen atoms in total. The molecule has 0 bridgehead atoms. The van der Waals surface area contributed by atoms with E-state index in [9.17, 15) is 9.59 Å². The van der Waals surface area contributed by atoms with Crippen molar-refractivity contribution in [1.29, 1.82) is 0 Å². The van der Waals surface area contributed by atoms with Gasteiger partial charge in [0.1, 0.15) is 0 Å². The van der Waals surface area contributed by atoms with Gasteiger partial charge < -0.3 is 0 Å². The van der Waals surface area contributed by atoms with Crippen LogP contribution in [0.2, 0.25) is 0 Å². The maximum atomic E-state index is 10.6. The summed E-state index contributed by atoms with van der Waals surface area (Å²) in [6.07, 6.45) is 1.48. The van der Waals surface area contributed by atoms with E-state index in [1.165, 1.54) is 6.29 Å². The molecular formula is C9H7O2. The minimum atomic E-state index is -0.504. The molecule has 1 aromatic rings. The average molecular weight is 147 g/mol. The molecule has 0 fully saturated rings. The van der Waals surface area contributed by atoms with Crippen LogP contribution in [0.4, 0.5) is 0 Å². The normalized spacial score (nSPS) is 9.09. The van der Waals surface area contributed by atoms with Gasteiger partial charge in [0.25, 0.3) is 6.29 Å². The summed E-state index contributed by atoms with van der Waals surface area (Å²) in [6, 6.07) is 9.11. The minimum absolute atomic E-state index is 0.157. The summed E-state index contributed by atoms with van der Waals surface area (Å²) < 4.78 is 0. The van der Waals surface area contributed by atoms with Gasteiger partial charge in [-0.1, -0.05) is 30.3 Å². The van der Waals surface area contributed by atoms with Gasteiger partial charge in [0.05, 0.1) is 0 Å². The third kappa shape index (κ3) is 2.34. The second-order valence-corrected chi connectivity index (χ2v) is 2.19. The minimum Gasteiger partial charge on any atom is -0.290 e. The molecule has 1 aromatic carbocycles. The molecule has 0 spiro atoms. The summed E-state index contributed by atoms with van der Waals surface area (Å²) in [5, 5.41) is 0. The van der Waals surface area contributed by atoms with Gasteiger partial charge in [-0.25, -0.2) is 0 Å². The van der Waals surface area contributed by atoms with Crippen LogP contribution in [0, 0.1) is 0 Å². The number of benzene rings is 1. The summed E-state index contributed by atoms with van der Waals surface area (Å²) in [5.41, 5.74) is 0.848. The molecule has 0 aliphatic heterocycles. The van der Waals surface area contributed by atoms with E-state index >= 15 is 0 Å². The topological polar surface area (TPSA) is 34.1 Å². The molecule has 55 valence electrons. The predicted octanol–water partition coefficient (Wildman–Crippen LogP) is 0.908. The Morgan fingerprint density at radius 3 is 2.45 bits per heavy atom. The van der Waals surface area contributed by atoms with Crippen molar-refractivity contribution in [3.63, 3.8) is 0 Å². The van der Waals surface area contributed by atoms with E-state index in [-0.39, 0.29) is 6.42 Å². The first-order chi connectivity index (χ1) is 5.33. The van der Waals surface area contributed by atoms with Gasteiger partial charge in [0.15, 0.2) is 0 Å². The van der Waals surface area contributed by atoms with E-state index < -0.39 is 5.78 Å². The highest BCUT2D eigenvalue weighted by molar-refractivity contribution is 6.25. The lowest BCUT2D eigenvalue weighted by molar-refractivity contribution is -0.112. The third-order valence-corrected chi connectivity index (χ3v) is 1.32. The molecule has 0 atom stereocenters. The number of rotatable bonds is 3. The van der Waals surface area contributed by atoms with Crippen LogP contribution in [0.5, 0.6) is 0 Å². The summed E-state index contributed by atoms with van der Waals surface area (Å²) >= 11 is 0. The lowest BCUT2D eigenvalue weighted by atomic mass is 10.1. The first-order valence-electron chi connectivity index (χ1n) is 3.28. The van der Waals surface area contributed by atoms with Crippen LogP contribution in [-0.2, 0) is 16.0 Å². The summed E-state index contributed by atoms with van der Waals surface area (Å²) in [5.74, 6) is -0.504. The molecule has 0 saturated heterocycles. The molecule has 0 heterocycles. The van der Waals surface area contributed by atoms with Crippen molar-refractivity contribution < 1.29 is 9.59 Å². The number of Topliss-reactive ketones (excluding diaryl/α,β-unsaturated/α-hetero) is 1. The quantitative estimate of drug-likeness (QED) is 0.595. The molecule has 0 aromatic heterocycles. The maximum Gasteiger partial charge on any atom is 0.272 e. The molecule has 1 rings (SSSR count). The summed E-state index contributed by atoms with van der Waals surface area (Å²) in [7, 11) is 0. The van der Waals surface area contributed by atoms with Crippen LogP contribution in [0.15, 0.2) is 30.3 Å². The van der Waals surface area contributed by atoms with Gasteiger partial charge in [-0.15, -0.1) is 0 Å². The Bertz CT molecular complexity index is 252. The zero-order valence-corrected chi connectivity index (χ0v) is 5.91. The first kappa shape index (κ1) is 7.66. The molecular weight excluding hydrogens is 140 g/mol. The SMILES string of the molecule is O=[C]C(=O)Cc1ccccc1. The molecule has 1 radical (unpaired) electrons. The fourth-order valence-corrected chi connectivity index (χ4v) is 0.817. The number of carbonyl (C=O) groups is 1. The Kier molecular flexibility index (Phi) is 2.55. The zero-order valence-electron chi connectivity index (χ0n) is 5.91. The van der Waals surface area contributed by atoms with Gasteiger partial charge in [0, 0.05) is 6.42 Å². The van der Waals surface area contributed by atoms with Crippen molar-refractivity contribution in [2.45, 2.75) is 6.42 Å². The number of hydrogen-bond donors (Lipinski definition) is 0. The van der Waals surface area contributed by atoms with E-state index in [2.05, 4.69) is 0 Å². The van der Waals surface area contributed by atoms with Gasteiger partial charge in [-0.3, -0.25) is 9.59 Å². The van der Waals surface area contributed by atoms with Crippen LogP contribution in [0.1, 0.15) is 5.56 Å². The fraction of sp³-hybridized carbons (Fsp3) is 0.111. The Balaban J connectivity index is 2.65. The highest BCUT2D eigenvalue weighted by Gasteiger charge is 2.00. The van der Waals surface area contributed by atoms with E-state index in [1.54, 1.807) is 12.1 Å². The van der Waals surface area contributed by atoms with Crippen molar-refractivity contribution in [2.24, 2.45) is 0 Å². The smallest absolute Gasteiger partial charge is 0.272 e. The number of hydrogen-bond acceptors (Lipinski definition) is 2. The van der Waals surface area contributed by atoms with E-state index in [0.29, 0.717) is 0 Å². The second-order valence-electron chi connectivity index (χ2n) is 2.19. The largest absolute Gasteiger partial charge is 0.290 e. The van der Waals surface area contributed by atoms with Crippen molar-refractivity contribution in [2.75, 3.05) is 0 Å². The van der Waals surface area contributed by atoms with E-state index in [4.69, 9.17) is 0 Å². The van der Waals surface area contributed by atoms with E-state index in [1.807, 2.05) is 18.2 Å². The van der Waals surface area contributed by atoms with Crippen LogP contribution in [0.25, 0.3) is 0 Å². The lowest BCUT2D eigenvalue weighted by Gasteiger charge is -1.92. The second kappa shape index (κ2) is 3.66. The molecule has 0 aliphatic rings. The maximum absolute atomic E-state index is 10.6. The van der Waals surface area contributed by atoms with Crippen molar-refractivity contribution in [3.8, 4) is 0 Å². The Hall–Kier alpha value is -1.44. The Morgan fingerprint density at radius 1 is 1.27 bits per heavy atom. The Morgan fingerprint density at radius 2 is 1.91 bits per heavy atom. The highest BCUT2D eigenvalue weighted by Crippen LogP contribution is 1.98. The monoisotopic (exact) mass is 147 g/mol. The van der Waals surface area contributed by atoms with Gasteiger partial charge >= 0.3 is 0 Å². The molecule has 11 heavy (non-hydrogen) atoms. The van der Waals surface area contributed by atoms with Crippen molar-refractivity contribution >= 4 is 12.1 Å². The molecule has 0 amide bonds. The first-order valence-corrected chi connectivity index (χ1v) is 3.28. The van der Waals surface area contributed by atoms with Crippen LogP contribution < -0.4 is 0 Å². The lowest BCUT2D eigenvalue weighted by Crippen LogP contribution is -2.02. The van der Waals surface area contributed by atoms with E-state index in [0.717, 1.165) is 5.56 Å². The van der Waals surface area contributed by atoms with Crippen LogP contribution in [-0.4, -0.2) is 12.1 Å². The fourth-order valence-electron chi connectivity index (χ4n) is 0.817. The van der Waals surface area contributed by atoms with Gasteiger partial charge in [-0.2, -0.15) is 0 Å². The number of carbonyl (C=O) groups excluding carboxylic acids is 2. The average Bonchev–Trinajstić information content (AvgIpc) is 2.06. The van der Waals surface area contributed by atoms with Crippen molar-refractivity contribution in [1.82, 2.24) is 0 Å². The van der Waals surface area contributed by atoms with Gasteiger partial charge in [0.2, 0.25) is 5.78 Å². The highest BCUT2D eigenvalue weighted by atomic mass is 16.2.